The van der Waals surface area contributed by atoms with E-state index in [9.17, 15) is 14.4 Å². The van der Waals surface area contributed by atoms with Crippen LogP contribution in [0.15, 0.2) is 78.2 Å². The molecule has 4 rings (SSSR count). The molecule has 1 aromatic heterocycles. The lowest BCUT2D eigenvalue weighted by molar-refractivity contribution is -0.131. The molecule has 0 atom stereocenters. The minimum Gasteiger partial charge on any atom is -0.427 e. The zero-order valence-electron chi connectivity index (χ0n) is 27.1. The number of hydrogen-bond donors (Lipinski definition) is 2. The predicted octanol–water partition coefficient (Wildman–Crippen LogP) is 6.68. The number of ether oxygens (including phenoxy) is 1. The Morgan fingerprint density at radius 2 is 1.67 bits per heavy atom. The smallest absolute Gasteiger partial charge is 0.308 e. The molecule has 2 amide bonds. The number of carbonyl (C=O) groups is 3. The summed E-state index contributed by atoms with van der Waals surface area (Å²) in [5, 5.41) is 9.13. The molecule has 4 aromatic rings. The Labute approximate surface area is 270 Å². The molecule has 0 spiro atoms. The number of nitrogens with zero attached hydrogens (tertiary/aromatic N) is 2. The monoisotopic (exact) mass is 628 g/mol. The van der Waals surface area contributed by atoms with Crippen molar-refractivity contribution < 1.29 is 19.1 Å². The van der Waals surface area contributed by atoms with Crippen LogP contribution in [0, 0.1) is 13.8 Å². The van der Waals surface area contributed by atoms with Gasteiger partial charge in [0, 0.05) is 49.3 Å². The van der Waals surface area contributed by atoms with Gasteiger partial charge >= 0.3 is 5.97 Å². The lowest BCUT2D eigenvalue weighted by atomic mass is 10.0. The van der Waals surface area contributed by atoms with Gasteiger partial charge in [0.25, 0.3) is 11.8 Å². The first-order valence-corrected chi connectivity index (χ1v) is 16.0. The summed E-state index contributed by atoms with van der Waals surface area (Å²) in [6.45, 7) is 11.8. The summed E-state index contributed by atoms with van der Waals surface area (Å²) >= 11 is 1.52. The number of aryl methyl sites for hydroxylation is 2. The molecule has 0 bridgehead atoms. The highest BCUT2D eigenvalue weighted by molar-refractivity contribution is 7.09. The average molecular weight is 629 g/mol. The van der Waals surface area contributed by atoms with Gasteiger partial charge in [-0.3, -0.25) is 14.4 Å². The highest BCUT2D eigenvalue weighted by Gasteiger charge is 2.16. The molecule has 1 heterocycles. The van der Waals surface area contributed by atoms with E-state index in [2.05, 4.69) is 54.6 Å². The number of esters is 1. The van der Waals surface area contributed by atoms with Gasteiger partial charge in [-0.05, 0) is 74.2 Å². The Bertz CT molecular complexity index is 1550. The summed E-state index contributed by atoms with van der Waals surface area (Å²) in [4.78, 5) is 42.9. The lowest BCUT2D eigenvalue weighted by Gasteiger charge is -2.16. The maximum absolute atomic E-state index is 12.8. The molecule has 0 unspecified atom stereocenters. The van der Waals surface area contributed by atoms with Crippen LogP contribution in [-0.4, -0.2) is 47.8 Å². The van der Waals surface area contributed by atoms with Gasteiger partial charge in [0.1, 0.15) is 10.8 Å². The Kier molecular flexibility index (Phi) is 13.9. The second-order valence-electron chi connectivity index (χ2n) is 11.2. The van der Waals surface area contributed by atoms with Crippen LogP contribution < -0.4 is 15.4 Å². The molecule has 238 valence electrons. The van der Waals surface area contributed by atoms with Crippen molar-refractivity contribution in [1.82, 2.24) is 20.5 Å². The summed E-state index contributed by atoms with van der Waals surface area (Å²) in [6.07, 6.45) is 0.737. The molecule has 0 saturated heterocycles. The third-order valence-electron chi connectivity index (χ3n) is 6.76. The number of nitrogens with one attached hydrogen (secondary N) is 2. The number of aromatic nitrogens is 1. The van der Waals surface area contributed by atoms with E-state index in [1.807, 2.05) is 42.6 Å². The Morgan fingerprint density at radius 3 is 2.29 bits per heavy atom. The van der Waals surface area contributed by atoms with Gasteiger partial charge in [-0.25, -0.2) is 4.98 Å². The van der Waals surface area contributed by atoms with Gasteiger partial charge in [-0.1, -0.05) is 61.9 Å². The number of rotatable bonds is 12. The van der Waals surface area contributed by atoms with Gasteiger partial charge < -0.3 is 20.3 Å². The lowest BCUT2D eigenvalue weighted by Crippen LogP contribution is -2.28. The summed E-state index contributed by atoms with van der Waals surface area (Å²) < 4.78 is 5.28. The van der Waals surface area contributed by atoms with Crippen LogP contribution in [0.1, 0.15) is 81.2 Å². The minimum atomic E-state index is -0.340. The fourth-order valence-corrected chi connectivity index (χ4v) is 5.22. The SMILES string of the molecule is CC(=O)Oc1cc(CNCCCNC(=O)c2cccc(C(=O)N(C)Cc3nc(C)cs3)c2)cc(C(C)C)c1.Cc1ccccc1. The predicted molar refractivity (Wildman–Crippen MR) is 181 cm³/mol. The molecule has 3 aromatic carbocycles. The summed E-state index contributed by atoms with van der Waals surface area (Å²) in [5.41, 5.74) is 5.32. The number of benzene rings is 3. The number of carbonyl (C=O) groups excluding carboxylic acids is 3. The molecular formula is C36H44N4O4S. The van der Waals surface area contributed by atoms with Gasteiger partial charge in [-0.2, -0.15) is 0 Å². The van der Waals surface area contributed by atoms with Crippen LogP contribution in [0.25, 0.3) is 0 Å². The first-order valence-electron chi connectivity index (χ1n) is 15.1. The maximum Gasteiger partial charge on any atom is 0.308 e. The van der Waals surface area contributed by atoms with E-state index in [4.69, 9.17) is 4.74 Å². The van der Waals surface area contributed by atoms with Crippen LogP contribution in [0.5, 0.6) is 5.75 Å². The van der Waals surface area contributed by atoms with Gasteiger partial charge in [-0.15, -0.1) is 11.3 Å². The van der Waals surface area contributed by atoms with Crippen molar-refractivity contribution in [2.75, 3.05) is 20.1 Å². The molecular weight excluding hydrogens is 584 g/mol. The number of amides is 2. The van der Waals surface area contributed by atoms with Crippen molar-refractivity contribution in [2.24, 2.45) is 0 Å². The molecule has 45 heavy (non-hydrogen) atoms. The van der Waals surface area contributed by atoms with E-state index >= 15 is 0 Å². The van der Waals surface area contributed by atoms with Crippen molar-refractivity contribution in [3.63, 3.8) is 0 Å². The molecule has 0 aliphatic carbocycles. The zero-order valence-corrected chi connectivity index (χ0v) is 27.9. The molecule has 0 aliphatic heterocycles. The van der Waals surface area contributed by atoms with E-state index < -0.39 is 0 Å². The Hall–Kier alpha value is -4.34. The van der Waals surface area contributed by atoms with Crippen molar-refractivity contribution in [3.8, 4) is 5.75 Å². The maximum atomic E-state index is 12.8. The summed E-state index contributed by atoms with van der Waals surface area (Å²) in [7, 11) is 1.73. The first kappa shape index (κ1) is 35.1. The van der Waals surface area contributed by atoms with E-state index in [0.717, 1.165) is 28.2 Å². The standard InChI is InChI=1S/C29H36N4O4S.C7H8/c1-19(2)25-12-22(13-26(15-25)37-21(4)34)16-30-10-7-11-31-28(35)23-8-6-9-24(14-23)29(36)33(5)17-27-32-20(3)18-38-27;1-7-5-3-2-4-6-7/h6,8-9,12-15,18-19,30H,7,10-11,16-17H2,1-5H3,(H,31,35);2-6H,1H3. The van der Waals surface area contributed by atoms with Crippen LogP contribution in [-0.2, 0) is 17.9 Å². The van der Waals surface area contributed by atoms with E-state index in [0.29, 0.717) is 49.0 Å². The normalized spacial score (nSPS) is 10.6. The van der Waals surface area contributed by atoms with Crippen molar-refractivity contribution in [2.45, 2.75) is 60.0 Å². The zero-order chi connectivity index (χ0) is 32.8. The molecule has 0 fully saturated rings. The highest BCUT2D eigenvalue weighted by Crippen LogP contribution is 2.23. The van der Waals surface area contributed by atoms with Crippen LogP contribution in [0.4, 0.5) is 0 Å². The van der Waals surface area contributed by atoms with E-state index in [-0.39, 0.29) is 17.8 Å². The quantitative estimate of drug-likeness (QED) is 0.103. The molecule has 0 radical (unpaired) electrons. The van der Waals surface area contributed by atoms with E-state index in [1.54, 1.807) is 36.2 Å². The van der Waals surface area contributed by atoms with Gasteiger partial charge in [0.05, 0.1) is 6.54 Å². The van der Waals surface area contributed by atoms with Crippen molar-refractivity contribution in [3.05, 3.63) is 117 Å². The molecule has 9 heteroatoms. The minimum absolute atomic E-state index is 0.157. The fraction of sp³-hybridized carbons (Fsp3) is 0.333. The fourth-order valence-electron chi connectivity index (χ4n) is 4.39. The van der Waals surface area contributed by atoms with Gasteiger partial charge in [0.15, 0.2) is 0 Å². The van der Waals surface area contributed by atoms with Crippen LogP contribution in [0.3, 0.4) is 0 Å². The first-order chi connectivity index (χ1) is 21.5. The van der Waals surface area contributed by atoms with Crippen molar-refractivity contribution in [1.29, 1.82) is 0 Å². The second kappa shape index (κ2) is 17.8. The molecule has 2 N–H and O–H groups in total. The third kappa shape index (κ3) is 12.3. The third-order valence-corrected chi connectivity index (χ3v) is 7.71. The van der Waals surface area contributed by atoms with Crippen LogP contribution >= 0.6 is 11.3 Å². The second-order valence-corrected chi connectivity index (χ2v) is 12.2. The average Bonchev–Trinajstić information content (AvgIpc) is 3.42. The summed E-state index contributed by atoms with van der Waals surface area (Å²) in [5.74, 6) is 0.158. The Balaban J connectivity index is 0.000000693. The van der Waals surface area contributed by atoms with Gasteiger partial charge in [0.2, 0.25) is 0 Å². The molecule has 0 saturated carbocycles. The molecule has 8 nitrogen and oxygen atoms in total. The Morgan fingerprint density at radius 1 is 0.933 bits per heavy atom. The van der Waals surface area contributed by atoms with E-state index in [1.165, 1.54) is 23.8 Å². The topological polar surface area (TPSA) is 101 Å². The largest absolute Gasteiger partial charge is 0.427 e. The summed E-state index contributed by atoms with van der Waals surface area (Å²) in [6, 6.07) is 22.9. The van der Waals surface area contributed by atoms with Crippen LogP contribution in [0.2, 0.25) is 0 Å². The molecule has 0 aliphatic rings. The number of hydrogen-bond acceptors (Lipinski definition) is 7. The van der Waals surface area contributed by atoms with Crippen molar-refractivity contribution >= 4 is 29.1 Å². The highest BCUT2D eigenvalue weighted by atomic mass is 32.1. The number of thiazole rings is 1.